The molecule has 1 heterocycles. The summed E-state index contributed by atoms with van der Waals surface area (Å²) in [5.74, 6) is -2.71. The van der Waals surface area contributed by atoms with Crippen LogP contribution in [0.1, 0.15) is 23.6 Å². The fourth-order valence-electron chi connectivity index (χ4n) is 1.57. The summed E-state index contributed by atoms with van der Waals surface area (Å²) in [5.41, 5.74) is 0.445. The topological polar surface area (TPSA) is 55.1 Å². The first-order chi connectivity index (χ1) is 7.34. The van der Waals surface area contributed by atoms with Gasteiger partial charge in [0.1, 0.15) is 5.15 Å². The Morgan fingerprint density at radius 2 is 2.19 bits per heavy atom. The van der Waals surface area contributed by atoms with E-state index in [9.17, 15) is 13.6 Å². The van der Waals surface area contributed by atoms with Crippen molar-refractivity contribution in [1.82, 2.24) is 9.78 Å². The summed E-state index contributed by atoms with van der Waals surface area (Å²) < 4.78 is 26.8. The van der Waals surface area contributed by atoms with Gasteiger partial charge in [-0.1, -0.05) is 11.6 Å². The van der Waals surface area contributed by atoms with Crippen LogP contribution in [-0.2, 0) is 11.8 Å². The van der Waals surface area contributed by atoms with Crippen molar-refractivity contribution in [1.29, 1.82) is 0 Å². The molecule has 0 aliphatic heterocycles. The van der Waals surface area contributed by atoms with Crippen LogP contribution in [0.4, 0.5) is 8.78 Å². The Bertz CT molecular complexity index is 406. The molecule has 1 N–H and O–H groups in total. The predicted molar refractivity (Wildman–Crippen MR) is 54.0 cm³/mol. The van der Waals surface area contributed by atoms with E-state index in [2.05, 4.69) is 5.10 Å². The summed E-state index contributed by atoms with van der Waals surface area (Å²) in [6.07, 6.45) is -3.44. The zero-order valence-electron chi connectivity index (χ0n) is 8.75. The lowest BCUT2D eigenvalue weighted by molar-refractivity contribution is -0.138. The van der Waals surface area contributed by atoms with Crippen molar-refractivity contribution in [2.24, 2.45) is 7.05 Å². The average molecular weight is 253 g/mol. The number of carboxylic acid groups (broad SMARTS) is 1. The van der Waals surface area contributed by atoms with Crippen molar-refractivity contribution in [3.05, 3.63) is 16.4 Å². The number of alkyl halides is 2. The standard InChI is InChI=1S/C9H11ClF2N2O2/c1-4-7(8(10)14(2)13-4)5(9(11)12)3-6(15)16/h5,9H,3H2,1-2H3,(H,15,16). The number of carboxylic acids is 1. The molecule has 0 spiro atoms. The van der Waals surface area contributed by atoms with Crippen LogP contribution in [0.25, 0.3) is 0 Å². The van der Waals surface area contributed by atoms with Crippen molar-refractivity contribution >= 4 is 17.6 Å². The van der Waals surface area contributed by atoms with Crippen LogP contribution in [0, 0.1) is 6.92 Å². The van der Waals surface area contributed by atoms with Crippen LogP contribution >= 0.6 is 11.6 Å². The van der Waals surface area contributed by atoms with Gasteiger partial charge in [0.2, 0.25) is 6.43 Å². The van der Waals surface area contributed by atoms with Gasteiger partial charge in [-0.2, -0.15) is 5.10 Å². The molecular formula is C9H11ClF2N2O2. The maximum absolute atomic E-state index is 12.8. The van der Waals surface area contributed by atoms with Gasteiger partial charge in [0.25, 0.3) is 0 Å². The third kappa shape index (κ3) is 2.49. The minimum absolute atomic E-state index is 0.0593. The molecule has 90 valence electrons. The fourth-order valence-corrected chi connectivity index (χ4v) is 1.89. The van der Waals surface area contributed by atoms with Gasteiger partial charge in [-0.3, -0.25) is 9.48 Å². The van der Waals surface area contributed by atoms with E-state index < -0.39 is 24.7 Å². The minimum atomic E-state index is -2.78. The average Bonchev–Trinajstić information content (AvgIpc) is 2.38. The van der Waals surface area contributed by atoms with Gasteiger partial charge in [-0.25, -0.2) is 8.78 Å². The Morgan fingerprint density at radius 3 is 2.50 bits per heavy atom. The van der Waals surface area contributed by atoms with E-state index in [0.717, 1.165) is 0 Å². The molecule has 4 nitrogen and oxygen atoms in total. The van der Waals surface area contributed by atoms with Gasteiger partial charge in [-0.15, -0.1) is 0 Å². The van der Waals surface area contributed by atoms with Crippen LogP contribution in [0.5, 0.6) is 0 Å². The number of aryl methyl sites for hydroxylation is 2. The van der Waals surface area contributed by atoms with E-state index >= 15 is 0 Å². The number of rotatable bonds is 4. The van der Waals surface area contributed by atoms with Gasteiger partial charge >= 0.3 is 5.97 Å². The Morgan fingerprint density at radius 1 is 1.62 bits per heavy atom. The lowest BCUT2D eigenvalue weighted by Crippen LogP contribution is -2.15. The summed E-state index contributed by atoms with van der Waals surface area (Å²) in [5, 5.41) is 12.5. The molecule has 1 atom stereocenters. The summed E-state index contributed by atoms with van der Waals surface area (Å²) in [6.45, 7) is 1.53. The zero-order chi connectivity index (χ0) is 12.5. The number of hydrogen-bond acceptors (Lipinski definition) is 2. The van der Waals surface area contributed by atoms with E-state index in [1.165, 1.54) is 18.7 Å². The molecule has 0 saturated heterocycles. The molecule has 1 rings (SSSR count). The first-order valence-electron chi connectivity index (χ1n) is 4.53. The number of aliphatic carboxylic acids is 1. The van der Waals surface area contributed by atoms with Gasteiger partial charge in [-0.05, 0) is 6.92 Å². The summed E-state index contributed by atoms with van der Waals surface area (Å²) in [7, 11) is 1.52. The van der Waals surface area contributed by atoms with E-state index in [1.807, 2.05) is 0 Å². The van der Waals surface area contributed by atoms with E-state index in [0.29, 0.717) is 5.69 Å². The van der Waals surface area contributed by atoms with E-state index in [4.69, 9.17) is 16.7 Å². The zero-order valence-corrected chi connectivity index (χ0v) is 9.50. The summed E-state index contributed by atoms with van der Waals surface area (Å²) >= 11 is 5.81. The third-order valence-corrected chi connectivity index (χ3v) is 2.71. The number of hydrogen-bond donors (Lipinski definition) is 1. The second kappa shape index (κ2) is 4.78. The maximum Gasteiger partial charge on any atom is 0.304 e. The SMILES string of the molecule is Cc1nn(C)c(Cl)c1C(CC(=O)O)C(F)F. The molecule has 0 aromatic carbocycles. The summed E-state index contributed by atoms with van der Waals surface area (Å²) in [4.78, 5) is 10.5. The maximum atomic E-state index is 12.8. The Balaban J connectivity index is 3.15. The highest BCUT2D eigenvalue weighted by Crippen LogP contribution is 2.34. The van der Waals surface area contributed by atoms with Crippen molar-refractivity contribution < 1.29 is 18.7 Å². The van der Waals surface area contributed by atoms with Crippen LogP contribution in [-0.4, -0.2) is 27.3 Å². The van der Waals surface area contributed by atoms with Gasteiger partial charge in [0.15, 0.2) is 0 Å². The number of halogens is 3. The van der Waals surface area contributed by atoms with Crippen molar-refractivity contribution in [3.8, 4) is 0 Å². The van der Waals surface area contributed by atoms with E-state index in [1.54, 1.807) is 0 Å². The quantitative estimate of drug-likeness (QED) is 0.894. The molecule has 0 fully saturated rings. The molecule has 7 heteroatoms. The van der Waals surface area contributed by atoms with Crippen LogP contribution in [0.15, 0.2) is 0 Å². The predicted octanol–water partition coefficient (Wildman–Crippen LogP) is 2.21. The van der Waals surface area contributed by atoms with Gasteiger partial charge < -0.3 is 5.11 Å². The third-order valence-electron chi connectivity index (χ3n) is 2.27. The van der Waals surface area contributed by atoms with E-state index in [-0.39, 0.29) is 10.7 Å². The van der Waals surface area contributed by atoms with Gasteiger partial charge in [0, 0.05) is 12.6 Å². The second-order valence-electron chi connectivity index (χ2n) is 3.45. The molecule has 0 radical (unpaired) electrons. The lowest BCUT2D eigenvalue weighted by Gasteiger charge is -2.13. The minimum Gasteiger partial charge on any atom is -0.481 e. The molecule has 0 aliphatic carbocycles. The highest BCUT2D eigenvalue weighted by molar-refractivity contribution is 6.30. The van der Waals surface area contributed by atoms with Gasteiger partial charge in [0.05, 0.1) is 18.0 Å². The van der Waals surface area contributed by atoms with Crippen LogP contribution < -0.4 is 0 Å². The Hall–Kier alpha value is -1.17. The molecule has 1 unspecified atom stereocenters. The number of carbonyl (C=O) groups is 1. The molecule has 0 aliphatic rings. The van der Waals surface area contributed by atoms with Crippen LogP contribution in [0.2, 0.25) is 5.15 Å². The Kier molecular flexibility index (Phi) is 3.85. The second-order valence-corrected chi connectivity index (χ2v) is 3.81. The molecule has 16 heavy (non-hydrogen) atoms. The van der Waals surface area contributed by atoms with Crippen molar-refractivity contribution in [3.63, 3.8) is 0 Å². The number of aromatic nitrogens is 2. The highest BCUT2D eigenvalue weighted by Gasteiger charge is 2.31. The fraction of sp³-hybridized carbons (Fsp3) is 0.556. The molecule has 0 saturated carbocycles. The lowest BCUT2D eigenvalue weighted by atomic mass is 9.97. The highest BCUT2D eigenvalue weighted by atomic mass is 35.5. The van der Waals surface area contributed by atoms with Crippen molar-refractivity contribution in [2.45, 2.75) is 25.7 Å². The largest absolute Gasteiger partial charge is 0.481 e. The molecule has 0 bridgehead atoms. The molecule has 1 aromatic heterocycles. The molecular weight excluding hydrogens is 242 g/mol. The summed E-state index contributed by atoms with van der Waals surface area (Å²) in [6, 6.07) is 0. The molecule has 1 aromatic rings. The molecule has 0 amide bonds. The first-order valence-corrected chi connectivity index (χ1v) is 4.91. The first kappa shape index (κ1) is 12.9. The number of nitrogens with zero attached hydrogens (tertiary/aromatic N) is 2. The Labute approximate surface area is 95.8 Å². The van der Waals surface area contributed by atoms with Crippen molar-refractivity contribution in [2.75, 3.05) is 0 Å². The normalized spacial score (nSPS) is 13.1. The smallest absolute Gasteiger partial charge is 0.304 e. The van der Waals surface area contributed by atoms with Crippen LogP contribution in [0.3, 0.4) is 0 Å². The monoisotopic (exact) mass is 252 g/mol.